The van der Waals surface area contributed by atoms with Crippen LogP contribution in [0.2, 0.25) is 0 Å². The summed E-state index contributed by atoms with van der Waals surface area (Å²) in [5, 5.41) is 35.6. The van der Waals surface area contributed by atoms with Crippen LogP contribution in [-0.4, -0.2) is 80.2 Å². The number of para-hydroxylation sites is 1. The molecule has 3 amide bonds. The van der Waals surface area contributed by atoms with Gasteiger partial charge in [0.1, 0.15) is 24.2 Å². The van der Waals surface area contributed by atoms with Crippen molar-refractivity contribution in [1.29, 1.82) is 0 Å². The van der Waals surface area contributed by atoms with Crippen molar-refractivity contribution in [2.45, 2.75) is 57.0 Å². The molecule has 0 saturated heterocycles. The molecule has 5 unspecified atom stereocenters. The average Bonchev–Trinajstić information content (AvgIpc) is 3.19. The molecule has 1 heterocycles. The molecular weight excluding hydrogens is 462 g/mol. The second-order valence-electron chi connectivity index (χ2n) is 8.12. The third-order valence-electron chi connectivity index (χ3n) is 5.30. The Balaban J connectivity index is 2.05. The lowest BCUT2D eigenvalue weighted by molar-refractivity contribution is -0.143. The molecule has 190 valence electrons. The molecule has 0 radical (unpaired) electrons. The van der Waals surface area contributed by atoms with E-state index in [4.69, 9.17) is 10.8 Å². The molecule has 1 aromatic carbocycles. The second kappa shape index (κ2) is 11.9. The standard InChI is InChI=1S/C22H29N5O8/c1-10(25-20(32)15(8-17(29)30)26-21(33)18(23)11(2)28)19(31)27-16(22(34)35)7-12-9-24-14-6-4-3-5-13(12)14/h3-6,9-11,15-16,18,24,28H,7-8,23H2,1-2H3,(H,25,32)(H,26,33)(H,27,31)(H,29,30)(H,34,35). The lowest BCUT2D eigenvalue weighted by Crippen LogP contribution is -2.58. The third kappa shape index (κ3) is 7.52. The van der Waals surface area contributed by atoms with Gasteiger partial charge in [0, 0.05) is 23.5 Å². The van der Waals surface area contributed by atoms with Crippen LogP contribution < -0.4 is 21.7 Å². The highest BCUT2D eigenvalue weighted by molar-refractivity contribution is 5.95. The van der Waals surface area contributed by atoms with Crippen molar-refractivity contribution >= 4 is 40.6 Å². The van der Waals surface area contributed by atoms with Gasteiger partial charge < -0.3 is 42.0 Å². The van der Waals surface area contributed by atoms with Crippen LogP contribution in [0.15, 0.2) is 30.5 Å². The number of aliphatic hydroxyl groups is 1. The molecule has 5 atom stereocenters. The number of rotatable bonds is 12. The van der Waals surface area contributed by atoms with E-state index in [0.717, 1.165) is 10.9 Å². The number of carboxylic acid groups (broad SMARTS) is 2. The Labute approximate surface area is 200 Å². The largest absolute Gasteiger partial charge is 0.481 e. The van der Waals surface area contributed by atoms with E-state index in [-0.39, 0.29) is 6.42 Å². The highest BCUT2D eigenvalue weighted by Crippen LogP contribution is 2.19. The van der Waals surface area contributed by atoms with Crippen LogP contribution in [0.3, 0.4) is 0 Å². The molecule has 13 nitrogen and oxygen atoms in total. The van der Waals surface area contributed by atoms with Gasteiger partial charge in [-0.05, 0) is 25.5 Å². The Bertz CT molecular complexity index is 1100. The van der Waals surface area contributed by atoms with Gasteiger partial charge in [-0.2, -0.15) is 0 Å². The predicted octanol–water partition coefficient (Wildman–Crippen LogP) is -1.55. The summed E-state index contributed by atoms with van der Waals surface area (Å²) >= 11 is 0. The summed E-state index contributed by atoms with van der Waals surface area (Å²) in [7, 11) is 0. The summed E-state index contributed by atoms with van der Waals surface area (Å²) in [4.78, 5) is 63.1. The van der Waals surface area contributed by atoms with E-state index in [0.29, 0.717) is 5.56 Å². The quantitative estimate of drug-likeness (QED) is 0.172. The number of aromatic nitrogens is 1. The van der Waals surface area contributed by atoms with E-state index in [2.05, 4.69) is 20.9 Å². The lowest BCUT2D eigenvalue weighted by Gasteiger charge is -2.23. The maximum absolute atomic E-state index is 12.6. The van der Waals surface area contributed by atoms with E-state index >= 15 is 0 Å². The van der Waals surface area contributed by atoms with Crippen molar-refractivity contribution in [2.24, 2.45) is 5.73 Å². The smallest absolute Gasteiger partial charge is 0.326 e. The zero-order chi connectivity index (χ0) is 26.3. The molecule has 0 aliphatic carbocycles. The van der Waals surface area contributed by atoms with Crippen LogP contribution in [0.4, 0.5) is 0 Å². The fourth-order valence-corrected chi connectivity index (χ4v) is 3.27. The topological polar surface area (TPSA) is 224 Å². The summed E-state index contributed by atoms with van der Waals surface area (Å²) in [5.74, 6) is -5.47. The van der Waals surface area contributed by atoms with Gasteiger partial charge in [-0.3, -0.25) is 19.2 Å². The summed E-state index contributed by atoms with van der Waals surface area (Å²) in [6.07, 6.45) is -0.440. The first-order valence-electron chi connectivity index (χ1n) is 10.7. The number of carbonyl (C=O) groups is 5. The molecular formula is C22H29N5O8. The Morgan fingerprint density at radius 3 is 2.17 bits per heavy atom. The third-order valence-corrected chi connectivity index (χ3v) is 5.30. The summed E-state index contributed by atoms with van der Waals surface area (Å²) in [6, 6.07) is 1.71. The van der Waals surface area contributed by atoms with Gasteiger partial charge in [-0.1, -0.05) is 18.2 Å². The molecule has 0 fully saturated rings. The number of amides is 3. The first-order chi connectivity index (χ1) is 16.4. The zero-order valence-corrected chi connectivity index (χ0v) is 19.1. The molecule has 0 spiro atoms. The van der Waals surface area contributed by atoms with Crippen LogP contribution >= 0.6 is 0 Å². The van der Waals surface area contributed by atoms with E-state index in [1.54, 1.807) is 12.3 Å². The van der Waals surface area contributed by atoms with Gasteiger partial charge in [0.05, 0.1) is 12.5 Å². The number of H-pyrrole nitrogens is 1. The summed E-state index contributed by atoms with van der Waals surface area (Å²) in [6.45, 7) is 2.52. The number of fused-ring (bicyclic) bond motifs is 1. The molecule has 2 rings (SSSR count). The Morgan fingerprint density at radius 1 is 0.943 bits per heavy atom. The van der Waals surface area contributed by atoms with E-state index in [1.807, 2.05) is 18.2 Å². The number of hydrogen-bond donors (Lipinski definition) is 8. The second-order valence-corrected chi connectivity index (χ2v) is 8.12. The molecule has 13 heteroatoms. The van der Waals surface area contributed by atoms with Crippen molar-refractivity contribution in [1.82, 2.24) is 20.9 Å². The van der Waals surface area contributed by atoms with Gasteiger partial charge in [-0.15, -0.1) is 0 Å². The minimum atomic E-state index is -1.58. The van der Waals surface area contributed by atoms with Crippen LogP contribution in [0.5, 0.6) is 0 Å². The van der Waals surface area contributed by atoms with Crippen LogP contribution in [-0.2, 0) is 30.4 Å². The van der Waals surface area contributed by atoms with Gasteiger partial charge in [0.2, 0.25) is 17.7 Å². The van der Waals surface area contributed by atoms with E-state index in [9.17, 15) is 34.2 Å². The monoisotopic (exact) mass is 491 g/mol. The Morgan fingerprint density at radius 2 is 1.57 bits per heavy atom. The lowest BCUT2D eigenvalue weighted by atomic mass is 10.0. The number of aliphatic carboxylic acids is 2. The number of aliphatic hydroxyl groups excluding tert-OH is 1. The minimum absolute atomic E-state index is 0.0271. The molecule has 0 aliphatic heterocycles. The molecule has 0 aliphatic rings. The molecule has 2 aromatic rings. The van der Waals surface area contributed by atoms with Crippen molar-refractivity contribution in [3.05, 3.63) is 36.0 Å². The number of carbonyl (C=O) groups excluding carboxylic acids is 3. The van der Waals surface area contributed by atoms with Crippen molar-refractivity contribution in [2.75, 3.05) is 0 Å². The van der Waals surface area contributed by atoms with Crippen molar-refractivity contribution in [3.63, 3.8) is 0 Å². The number of nitrogens with one attached hydrogen (secondary N) is 4. The highest BCUT2D eigenvalue weighted by Gasteiger charge is 2.30. The highest BCUT2D eigenvalue weighted by atomic mass is 16.4. The fourth-order valence-electron chi connectivity index (χ4n) is 3.27. The molecule has 35 heavy (non-hydrogen) atoms. The van der Waals surface area contributed by atoms with Crippen molar-refractivity contribution < 1.29 is 39.3 Å². The fraction of sp³-hybridized carbons (Fsp3) is 0.409. The number of benzene rings is 1. The van der Waals surface area contributed by atoms with Gasteiger partial charge >= 0.3 is 11.9 Å². The number of hydrogen-bond acceptors (Lipinski definition) is 7. The number of carboxylic acids is 2. The average molecular weight is 492 g/mol. The SMILES string of the molecule is CC(NC(=O)C(CC(=O)O)NC(=O)C(N)C(C)O)C(=O)NC(Cc1c[nH]c2ccccc12)C(=O)O. The number of nitrogens with two attached hydrogens (primary N) is 1. The molecule has 9 N–H and O–H groups in total. The van der Waals surface area contributed by atoms with Gasteiger partial charge in [0.15, 0.2) is 0 Å². The van der Waals surface area contributed by atoms with Crippen LogP contribution in [0.25, 0.3) is 10.9 Å². The normalized spacial score (nSPS) is 15.3. The van der Waals surface area contributed by atoms with E-state index < -0.39 is 66.4 Å². The number of aromatic amines is 1. The minimum Gasteiger partial charge on any atom is -0.481 e. The zero-order valence-electron chi connectivity index (χ0n) is 19.1. The van der Waals surface area contributed by atoms with Gasteiger partial charge in [0.25, 0.3) is 0 Å². The van der Waals surface area contributed by atoms with Crippen molar-refractivity contribution in [3.8, 4) is 0 Å². The van der Waals surface area contributed by atoms with Gasteiger partial charge in [-0.25, -0.2) is 4.79 Å². The van der Waals surface area contributed by atoms with Crippen LogP contribution in [0, 0.1) is 0 Å². The Kier molecular flexibility index (Phi) is 9.31. The first-order valence-corrected chi connectivity index (χ1v) is 10.7. The molecule has 1 aromatic heterocycles. The molecule has 0 saturated carbocycles. The summed E-state index contributed by atoms with van der Waals surface area (Å²) in [5.41, 5.74) is 6.97. The Hall–Kier alpha value is -3.97. The first kappa shape index (κ1) is 27.3. The van der Waals surface area contributed by atoms with E-state index in [1.165, 1.54) is 13.8 Å². The summed E-state index contributed by atoms with van der Waals surface area (Å²) < 4.78 is 0. The van der Waals surface area contributed by atoms with Crippen LogP contribution in [0.1, 0.15) is 25.8 Å². The maximum Gasteiger partial charge on any atom is 0.326 e. The molecule has 0 bridgehead atoms. The maximum atomic E-state index is 12.6. The predicted molar refractivity (Wildman–Crippen MR) is 123 cm³/mol.